The van der Waals surface area contributed by atoms with E-state index in [-0.39, 0.29) is 0 Å². The molecule has 1 saturated carbocycles. The molecule has 0 amide bonds. The number of hydrogen-bond donors (Lipinski definition) is 0. The Balaban J connectivity index is 1.86. The first-order valence-electron chi connectivity index (χ1n) is 14.2. The van der Waals surface area contributed by atoms with Gasteiger partial charge in [0.05, 0.1) is 31.6 Å². The Kier molecular flexibility index (Phi) is 10.8. The summed E-state index contributed by atoms with van der Waals surface area (Å²) in [7, 11) is 1.55. The van der Waals surface area contributed by atoms with Crippen LogP contribution in [-0.2, 0) is 27.7 Å². The molecule has 1 aliphatic carbocycles. The van der Waals surface area contributed by atoms with Crippen LogP contribution in [0, 0.1) is 0 Å². The van der Waals surface area contributed by atoms with Crippen LogP contribution in [0.1, 0.15) is 88.7 Å². The average molecular weight is 509 g/mol. The second kappa shape index (κ2) is 14.5. The smallest absolute Gasteiger partial charge is 0.222 e. The second-order valence-electron chi connectivity index (χ2n) is 10.1. The summed E-state index contributed by atoms with van der Waals surface area (Å²) in [6.45, 7) is 7.72. The van der Waals surface area contributed by atoms with Crippen molar-refractivity contribution in [1.82, 2.24) is 9.55 Å². The highest BCUT2D eigenvalue weighted by Gasteiger charge is 2.28. The van der Waals surface area contributed by atoms with Crippen LogP contribution in [-0.4, -0.2) is 36.5 Å². The number of benzene rings is 1. The van der Waals surface area contributed by atoms with Crippen LogP contribution in [0.2, 0.25) is 0 Å². The fraction of sp³-hybridized carbons (Fsp3) is 0.581. The van der Waals surface area contributed by atoms with Crippen LogP contribution in [0.3, 0.4) is 0 Å². The van der Waals surface area contributed by atoms with E-state index in [0.717, 1.165) is 55.8 Å². The van der Waals surface area contributed by atoms with E-state index in [2.05, 4.69) is 42.7 Å². The van der Waals surface area contributed by atoms with E-state index in [1.807, 2.05) is 12.3 Å². The topological polar surface area (TPSA) is 54.7 Å². The summed E-state index contributed by atoms with van der Waals surface area (Å²) in [5.74, 6) is 1.25. The number of rotatable bonds is 15. The van der Waals surface area contributed by atoms with Gasteiger partial charge in [0.2, 0.25) is 5.88 Å². The lowest BCUT2D eigenvalue weighted by Crippen LogP contribution is -2.11. The number of ether oxygens (including phenoxy) is 2. The summed E-state index contributed by atoms with van der Waals surface area (Å²) in [5.41, 5.74) is 6.07. The molecule has 6 nitrogen and oxygen atoms in total. The third-order valence-electron chi connectivity index (χ3n) is 7.39. The van der Waals surface area contributed by atoms with E-state index in [0.29, 0.717) is 25.7 Å². The van der Waals surface area contributed by atoms with E-state index in [1.54, 1.807) is 7.11 Å². The Labute approximate surface area is 222 Å². The highest BCUT2D eigenvalue weighted by atomic mass is 17.2. The van der Waals surface area contributed by atoms with E-state index >= 15 is 0 Å². The van der Waals surface area contributed by atoms with Gasteiger partial charge in [0.25, 0.3) is 0 Å². The summed E-state index contributed by atoms with van der Waals surface area (Å²) in [6.07, 6.45) is 12.5. The Morgan fingerprint density at radius 1 is 0.973 bits per heavy atom. The molecule has 0 radical (unpaired) electrons. The van der Waals surface area contributed by atoms with Crippen molar-refractivity contribution in [1.29, 1.82) is 0 Å². The zero-order valence-electron chi connectivity index (χ0n) is 23.0. The summed E-state index contributed by atoms with van der Waals surface area (Å²) < 4.78 is 14.8. The van der Waals surface area contributed by atoms with Gasteiger partial charge in [0, 0.05) is 30.3 Å². The van der Waals surface area contributed by atoms with Gasteiger partial charge in [0.15, 0.2) is 0 Å². The molecule has 0 bridgehead atoms. The Bertz CT molecular complexity index is 1100. The van der Waals surface area contributed by atoms with Gasteiger partial charge in [-0.3, -0.25) is 0 Å². The van der Waals surface area contributed by atoms with Gasteiger partial charge >= 0.3 is 0 Å². The lowest BCUT2D eigenvalue weighted by Gasteiger charge is -2.24. The maximum Gasteiger partial charge on any atom is 0.222 e. The van der Waals surface area contributed by atoms with Crippen molar-refractivity contribution in [3.05, 3.63) is 47.7 Å². The fourth-order valence-electron chi connectivity index (χ4n) is 5.47. The molecule has 6 heteroatoms. The number of hydrogen-bond acceptors (Lipinski definition) is 5. The molecule has 1 fully saturated rings. The summed E-state index contributed by atoms with van der Waals surface area (Å²) in [4.78, 5) is 14.9. The standard InChI is InChI=1S/C31H44N2O4/c1-4-6-19-35-21-18-33-28-22-24(23-37-34-3)15-16-26(28)29(25-12-9-8-10-13-25)30(33)27-14-11-17-32-31(27)36-20-7-5-2/h11,14-17,22,25H,4-10,12-13,18-21,23H2,1-3H3. The molecule has 2 heterocycles. The van der Waals surface area contributed by atoms with Crippen LogP contribution in [0.5, 0.6) is 5.88 Å². The predicted octanol–water partition coefficient (Wildman–Crippen LogP) is 7.82. The zero-order chi connectivity index (χ0) is 25.9. The van der Waals surface area contributed by atoms with Gasteiger partial charge in [-0.15, -0.1) is 0 Å². The molecule has 0 aliphatic heterocycles. The van der Waals surface area contributed by atoms with Crippen molar-refractivity contribution < 1.29 is 19.2 Å². The highest BCUT2D eigenvalue weighted by Crippen LogP contribution is 2.46. The SMILES string of the molecule is CCCCOCCn1c(-c2cccnc2OCCCC)c(C2CCCCC2)c2ccc(COOC)cc21. The number of nitrogens with zero attached hydrogens (tertiary/aromatic N) is 2. The van der Waals surface area contributed by atoms with Gasteiger partial charge in [-0.1, -0.05) is 58.1 Å². The average Bonchev–Trinajstić information content (AvgIpc) is 3.26. The van der Waals surface area contributed by atoms with Crippen LogP contribution < -0.4 is 4.74 Å². The minimum atomic E-state index is 0.414. The minimum absolute atomic E-state index is 0.414. The molecule has 37 heavy (non-hydrogen) atoms. The molecule has 0 spiro atoms. The van der Waals surface area contributed by atoms with Crippen molar-refractivity contribution in [3.8, 4) is 17.1 Å². The predicted molar refractivity (Wildman–Crippen MR) is 149 cm³/mol. The van der Waals surface area contributed by atoms with Crippen LogP contribution in [0.4, 0.5) is 0 Å². The van der Waals surface area contributed by atoms with E-state index in [9.17, 15) is 0 Å². The van der Waals surface area contributed by atoms with Gasteiger partial charge < -0.3 is 14.0 Å². The lowest BCUT2D eigenvalue weighted by molar-refractivity contribution is -0.282. The molecule has 0 saturated heterocycles. The van der Waals surface area contributed by atoms with Gasteiger partial charge in [0.1, 0.15) is 6.61 Å². The van der Waals surface area contributed by atoms with Gasteiger partial charge in [-0.2, -0.15) is 0 Å². The number of unbranched alkanes of at least 4 members (excludes halogenated alkanes) is 2. The molecular weight excluding hydrogens is 464 g/mol. The van der Waals surface area contributed by atoms with Crippen molar-refractivity contribution in [2.75, 3.05) is 26.9 Å². The van der Waals surface area contributed by atoms with Crippen molar-refractivity contribution >= 4 is 10.9 Å². The molecular formula is C31H44N2O4. The van der Waals surface area contributed by atoms with Crippen molar-refractivity contribution in [2.45, 2.75) is 90.7 Å². The Morgan fingerprint density at radius 3 is 2.57 bits per heavy atom. The molecule has 2 aromatic heterocycles. The van der Waals surface area contributed by atoms with Crippen molar-refractivity contribution in [3.63, 3.8) is 0 Å². The first-order valence-corrected chi connectivity index (χ1v) is 14.2. The largest absolute Gasteiger partial charge is 0.477 e. The van der Waals surface area contributed by atoms with Crippen LogP contribution in [0.25, 0.3) is 22.2 Å². The number of pyridine rings is 1. The molecule has 3 aromatic rings. The van der Waals surface area contributed by atoms with E-state index in [1.165, 1.54) is 54.3 Å². The van der Waals surface area contributed by atoms with Crippen LogP contribution in [0.15, 0.2) is 36.5 Å². The lowest BCUT2D eigenvalue weighted by atomic mass is 9.82. The molecule has 0 unspecified atom stereocenters. The minimum Gasteiger partial charge on any atom is -0.477 e. The molecule has 4 rings (SSSR count). The number of fused-ring (bicyclic) bond motifs is 1. The molecule has 1 aliphatic rings. The zero-order valence-corrected chi connectivity index (χ0v) is 23.0. The summed E-state index contributed by atoms with van der Waals surface area (Å²) >= 11 is 0. The Hall–Kier alpha value is -2.41. The maximum absolute atomic E-state index is 6.27. The third-order valence-corrected chi connectivity index (χ3v) is 7.39. The number of aromatic nitrogens is 2. The van der Waals surface area contributed by atoms with Gasteiger partial charge in [-0.25, -0.2) is 14.8 Å². The van der Waals surface area contributed by atoms with E-state index in [4.69, 9.17) is 24.2 Å². The normalized spacial score (nSPS) is 14.5. The third kappa shape index (κ3) is 6.92. The highest BCUT2D eigenvalue weighted by molar-refractivity contribution is 5.93. The molecule has 1 aromatic carbocycles. The summed E-state index contributed by atoms with van der Waals surface area (Å²) in [6, 6.07) is 10.9. The molecule has 202 valence electrons. The molecule has 0 atom stereocenters. The monoisotopic (exact) mass is 508 g/mol. The molecule has 0 N–H and O–H groups in total. The maximum atomic E-state index is 6.27. The van der Waals surface area contributed by atoms with E-state index < -0.39 is 0 Å². The van der Waals surface area contributed by atoms with Crippen LogP contribution >= 0.6 is 0 Å². The van der Waals surface area contributed by atoms with Crippen molar-refractivity contribution in [2.24, 2.45) is 0 Å². The second-order valence-corrected chi connectivity index (χ2v) is 10.1. The van der Waals surface area contributed by atoms with Gasteiger partial charge in [-0.05, 0) is 60.9 Å². The fourth-order valence-corrected chi connectivity index (χ4v) is 5.47. The first kappa shape index (κ1) is 27.6. The first-order chi connectivity index (χ1) is 18.3. The quantitative estimate of drug-likeness (QED) is 0.119. The Morgan fingerprint density at radius 2 is 1.78 bits per heavy atom. The summed E-state index contributed by atoms with van der Waals surface area (Å²) in [5, 5.41) is 1.32.